The van der Waals surface area contributed by atoms with Crippen LogP contribution in [0.2, 0.25) is 0 Å². The highest BCUT2D eigenvalue weighted by atomic mass is 16.5. The molecule has 2 amide bonds. The van der Waals surface area contributed by atoms with Crippen molar-refractivity contribution in [3.63, 3.8) is 0 Å². The van der Waals surface area contributed by atoms with Crippen LogP contribution in [0.5, 0.6) is 5.75 Å². The molecule has 0 aromatic heterocycles. The molecule has 128 valence electrons. The van der Waals surface area contributed by atoms with E-state index in [9.17, 15) is 14.4 Å². The number of carbonyl (C=O) groups is 3. The lowest BCUT2D eigenvalue weighted by Crippen LogP contribution is -2.49. The fourth-order valence-electron chi connectivity index (χ4n) is 3.59. The van der Waals surface area contributed by atoms with Gasteiger partial charge in [0.15, 0.2) is 0 Å². The van der Waals surface area contributed by atoms with Crippen LogP contribution in [-0.2, 0) is 9.59 Å². The Bertz CT molecular complexity index is 646. The maximum atomic E-state index is 12.8. The summed E-state index contributed by atoms with van der Waals surface area (Å²) in [7, 11) is 1.55. The van der Waals surface area contributed by atoms with Gasteiger partial charge in [-0.3, -0.25) is 9.59 Å². The molecular weight excluding hydrogens is 308 g/mol. The first-order valence-electron chi connectivity index (χ1n) is 8.36. The molecule has 0 N–H and O–H groups in total. The Morgan fingerprint density at radius 3 is 2.67 bits per heavy atom. The molecule has 0 bridgehead atoms. The molecule has 6 nitrogen and oxygen atoms in total. The van der Waals surface area contributed by atoms with Crippen molar-refractivity contribution >= 4 is 18.1 Å². The van der Waals surface area contributed by atoms with Crippen LogP contribution < -0.4 is 4.74 Å². The molecular formula is C18H22N2O4. The van der Waals surface area contributed by atoms with E-state index >= 15 is 0 Å². The largest absolute Gasteiger partial charge is 0.497 e. The van der Waals surface area contributed by atoms with E-state index < -0.39 is 6.04 Å². The van der Waals surface area contributed by atoms with Gasteiger partial charge in [-0.1, -0.05) is 6.07 Å². The molecule has 1 aromatic carbocycles. The quantitative estimate of drug-likeness (QED) is 0.785. The summed E-state index contributed by atoms with van der Waals surface area (Å²) in [6.45, 7) is 1.16. The third-order valence-corrected chi connectivity index (χ3v) is 4.85. The van der Waals surface area contributed by atoms with Gasteiger partial charge >= 0.3 is 0 Å². The average molecular weight is 330 g/mol. The van der Waals surface area contributed by atoms with Crippen molar-refractivity contribution < 1.29 is 19.1 Å². The second kappa shape index (κ2) is 7.03. The number of carbonyl (C=O) groups excluding carboxylic acids is 3. The highest BCUT2D eigenvalue weighted by molar-refractivity contribution is 5.98. The van der Waals surface area contributed by atoms with Gasteiger partial charge in [0.05, 0.1) is 13.2 Å². The Hall–Kier alpha value is -2.37. The monoisotopic (exact) mass is 330 g/mol. The summed E-state index contributed by atoms with van der Waals surface area (Å²) in [6, 6.07) is 6.15. The van der Waals surface area contributed by atoms with Crippen molar-refractivity contribution in [1.82, 2.24) is 9.80 Å². The molecule has 24 heavy (non-hydrogen) atoms. The predicted octanol–water partition coefficient (Wildman–Crippen LogP) is 1.49. The van der Waals surface area contributed by atoms with Gasteiger partial charge in [-0.25, -0.2) is 0 Å². The topological polar surface area (TPSA) is 66.9 Å². The van der Waals surface area contributed by atoms with Gasteiger partial charge in [0.1, 0.15) is 18.1 Å². The van der Waals surface area contributed by atoms with Gasteiger partial charge in [-0.2, -0.15) is 0 Å². The van der Waals surface area contributed by atoms with E-state index in [0.29, 0.717) is 37.2 Å². The minimum absolute atomic E-state index is 0.0988. The van der Waals surface area contributed by atoms with Crippen LogP contribution in [0.15, 0.2) is 24.3 Å². The normalized spacial score (nSPS) is 23.4. The molecule has 2 atom stereocenters. The first kappa shape index (κ1) is 16.5. The molecule has 3 rings (SSSR count). The fraction of sp³-hybridized carbons (Fsp3) is 0.500. The first-order chi connectivity index (χ1) is 11.7. The lowest BCUT2D eigenvalue weighted by Gasteiger charge is -2.29. The Morgan fingerprint density at radius 2 is 1.92 bits per heavy atom. The number of ether oxygens (including phenoxy) is 1. The number of amides is 2. The summed E-state index contributed by atoms with van der Waals surface area (Å²) in [5.74, 6) is 0.355. The van der Waals surface area contributed by atoms with E-state index in [2.05, 4.69) is 0 Å². The zero-order chi connectivity index (χ0) is 17.1. The SMILES string of the molecule is COc1cccc(C(=O)N2CCC[C@H]2C(=O)N2CCC[C@H]2C=O)c1. The van der Waals surface area contributed by atoms with Crippen molar-refractivity contribution in [2.24, 2.45) is 0 Å². The highest BCUT2D eigenvalue weighted by Crippen LogP contribution is 2.26. The van der Waals surface area contributed by atoms with E-state index in [-0.39, 0.29) is 17.9 Å². The molecule has 2 aliphatic heterocycles. The zero-order valence-electron chi connectivity index (χ0n) is 13.8. The van der Waals surface area contributed by atoms with Gasteiger partial charge in [-0.15, -0.1) is 0 Å². The van der Waals surface area contributed by atoms with Crippen LogP contribution in [0.4, 0.5) is 0 Å². The van der Waals surface area contributed by atoms with Crippen LogP contribution in [0.3, 0.4) is 0 Å². The lowest BCUT2D eigenvalue weighted by molar-refractivity contribution is -0.138. The van der Waals surface area contributed by atoms with Crippen LogP contribution >= 0.6 is 0 Å². The van der Waals surface area contributed by atoms with Crippen molar-refractivity contribution in [1.29, 1.82) is 0 Å². The Morgan fingerprint density at radius 1 is 1.17 bits per heavy atom. The number of methoxy groups -OCH3 is 1. The first-order valence-corrected chi connectivity index (χ1v) is 8.36. The maximum Gasteiger partial charge on any atom is 0.254 e. The van der Waals surface area contributed by atoms with Crippen LogP contribution in [0.25, 0.3) is 0 Å². The second-order valence-electron chi connectivity index (χ2n) is 6.27. The van der Waals surface area contributed by atoms with E-state index in [1.54, 1.807) is 41.2 Å². The fourth-order valence-corrected chi connectivity index (χ4v) is 3.59. The van der Waals surface area contributed by atoms with E-state index in [1.807, 2.05) is 0 Å². The standard InChI is InChI=1S/C18H22N2O4/c1-24-15-7-2-5-13(11-15)17(22)20-10-4-8-16(20)18(23)19-9-3-6-14(19)12-21/h2,5,7,11-12,14,16H,3-4,6,8-10H2,1H3/t14-,16-/m0/s1. The van der Waals surface area contributed by atoms with E-state index in [0.717, 1.165) is 19.1 Å². The summed E-state index contributed by atoms with van der Waals surface area (Å²) in [6.07, 6.45) is 3.84. The van der Waals surface area contributed by atoms with Gasteiger partial charge < -0.3 is 19.3 Å². The molecule has 0 saturated carbocycles. The van der Waals surface area contributed by atoms with Crippen LogP contribution in [0, 0.1) is 0 Å². The molecule has 0 radical (unpaired) electrons. The number of hydrogen-bond acceptors (Lipinski definition) is 4. The molecule has 2 saturated heterocycles. The molecule has 6 heteroatoms. The number of rotatable bonds is 4. The lowest BCUT2D eigenvalue weighted by atomic mass is 10.1. The number of aldehydes is 1. The van der Waals surface area contributed by atoms with Crippen molar-refractivity contribution in [3.05, 3.63) is 29.8 Å². The van der Waals surface area contributed by atoms with Gasteiger partial charge in [0.25, 0.3) is 5.91 Å². The number of hydrogen-bond donors (Lipinski definition) is 0. The van der Waals surface area contributed by atoms with Crippen molar-refractivity contribution in [2.45, 2.75) is 37.8 Å². The molecule has 2 fully saturated rings. The molecule has 0 spiro atoms. The highest BCUT2D eigenvalue weighted by Gasteiger charge is 2.40. The molecule has 0 aliphatic carbocycles. The minimum Gasteiger partial charge on any atom is -0.497 e. The number of nitrogens with zero attached hydrogens (tertiary/aromatic N) is 2. The van der Waals surface area contributed by atoms with E-state index in [4.69, 9.17) is 4.74 Å². The van der Waals surface area contributed by atoms with Crippen molar-refractivity contribution in [2.75, 3.05) is 20.2 Å². The third kappa shape index (κ3) is 3.00. The van der Waals surface area contributed by atoms with Gasteiger partial charge in [-0.05, 0) is 43.9 Å². The van der Waals surface area contributed by atoms with Gasteiger partial charge in [0.2, 0.25) is 5.91 Å². The average Bonchev–Trinajstić information content (AvgIpc) is 3.29. The molecule has 0 unspecified atom stereocenters. The Kier molecular flexibility index (Phi) is 4.83. The van der Waals surface area contributed by atoms with Crippen LogP contribution in [0.1, 0.15) is 36.0 Å². The summed E-state index contributed by atoms with van der Waals surface area (Å²) in [4.78, 5) is 40.1. The third-order valence-electron chi connectivity index (χ3n) is 4.85. The Labute approximate surface area is 141 Å². The summed E-state index contributed by atoms with van der Waals surface area (Å²) in [5, 5.41) is 0. The summed E-state index contributed by atoms with van der Waals surface area (Å²) < 4.78 is 5.17. The number of likely N-dealkylation sites (tertiary alicyclic amines) is 2. The van der Waals surface area contributed by atoms with Crippen LogP contribution in [-0.4, -0.2) is 60.2 Å². The summed E-state index contributed by atoms with van der Waals surface area (Å²) >= 11 is 0. The van der Waals surface area contributed by atoms with Crippen molar-refractivity contribution in [3.8, 4) is 5.75 Å². The minimum atomic E-state index is -0.468. The summed E-state index contributed by atoms with van der Waals surface area (Å²) in [5.41, 5.74) is 0.516. The zero-order valence-corrected chi connectivity index (χ0v) is 13.8. The maximum absolute atomic E-state index is 12.8. The second-order valence-corrected chi connectivity index (χ2v) is 6.27. The number of benzene rings is 1. The Balaban J connectivity index is 1.78. The molecule has 2 heterocycles. The predicted molar refractivity (Wildman–Crippen MR) is 87.9 cm³/mol. The molecule has 2 aliphatic rings. The van der Waals surface area contributed by atoms with E-state index in [1.165, 1.54) is 0 Å². The molecule has 1 aromatic rings. The van der Waals surface area contributed by atoms with Gasteiger partial charge in [0, 0.05) is 18.7 Å². The smallest absolute Gasteiger partial charge is 0.254 e.